The number of carboxylic acids is 1. The first-order chi connectivity index (χ1) is 10.0. The van der Waals surface area contributed by atoms with E-state index in [4.69, 9.17) is 15.6 Å². The van der Waals surface area contributed by atoms with Crippen LogP contribution in [0.4, 0.5) is 15.8 Å². The van der Waals surface area contributed by atoms with E-state index in [0.29, 0.717) is 12.3 Å². The first-order valence-corrected chi connectivity index (χ1v) is 6.21. The SMILES string of the molecule is COc1ccccc1CNc1ccc(F)c(N)c1C(=O)O. The summed E-state index contributed by atoms with van der Waals surface area (Å²) in [5, 5.41) is 12.1. The van der Waals surface area contributed by atoms with Crippen LogP contribution in [-0.2, 0) is 6.54 Å². The number of anilines is 2. The van der Waals surface area contributed by atoms with E-state index in [1.807, 2.05) is 18.2 Å². The Bertz CT molecular complexity index is 674. The van der Waals surface area contributed by atoms with Gasteiger partial charge in [0.1, 0.15) is 17.1 Å². The number of halogens is 1. The van der Waals surface area contributed by atoms with Gasteiger partial charge in [-0.3, -0.25) is 0 Å². The lowest BCUT2D eigenvalue weighted by molar-refractivity contribution is 0.0698. The minimum absolute atomic E-state index is 0.257. The number of benzene rings is 2. The molecule has 110 valence electrons. The molecule has 0 aliphatic heterocycles. The topological polar surface area (TPSA) is 84.6 Å². The van der Waals surface area contributed by atoms with Gasteiger partial charge in [-0.15, -0.1) is 0 Å². The normalized spacial score (nSPS) is 10.2. The second-order valence-electron chi connectivity index (χ2n) is 4.35. The third-order valence-electron chi connectivity index (χ3n) is 3.07. The van der Waals surface area contributed by atoms with Crippen molar-refractivity contribution in [2.75, 3.05) is 18.2 Å². The summed E-state index contributed by atoms with van der Waals surface area (Å²) in [6.45, 7) is 0.329. The van der Waals surface area contributed by atoms with E-state index in [-0.39, 0.29) is 16.9 Å². The lowest BCUT2D eigenvalue weighted by Crippen LogP contribution is -2.11. The lowest BCUT2D eigenvalue weighted by Gasteiger charge is -2.13. The highest BCUT2D eigenvalue weighted by molar-refractivity contribution is 6.00. The number of methoxy groups -OCH3 is 1. The number of aromatic carboxylic acids is 1. The van der Waals surface area contributed by atoms with Gasteiger partial charge in [0, 0.05) is 12.1 Å². The highest BCUT2D eigenvalue weighted by Gasteiger charge is 2.17. The summed E-state index contributed by atoms with van der Waals surface area (Å²) in [4.78, 5) is 11.2. The van der Waals surface area contributed by atoms with Crippen LogP contribution in [0.2, 0.25) is 0 Å². The predicted octanol–water partition coefficient (Wildman–Crippen LogP) is 2.73. The van der Waals surface area contributed by atoms with Crippen LogP contribution in [0.1, 0.15) is 15.9 Å². The number of nitrogen functional groups attached to an aromatic ring is 1. The molecule has 0 atom stereocenters. The smallest absolute Gasteiger partial charge is 0.340 e. The molecule has 0 aliphatic carbocycles. The summed E-state index contributed by atoms with van der Waals surface area (Å²) in [5.41, 5.74) is 5.94. The molecule has 2 aromatic rings. The number of nitrogens with two attached hydrogens (primary N) is 1. The van der Waals surface area contributed by atoms with E-state index < -0.39 is 11.8 Å². The molecule has 2 rings (SSSR count). The Morgan fingerprint density at radius 2 is 2.05 bits per heavy atom. The third-order valence-corrected chi connectivity index (χ3v) is 3.07. The van der Waals surface area contributed by atoms with Gasteiger partial charge in [0.05, 0.1) is 18.5 Å². The molecule has 4 N–H and O–H groups in total. The van der Waals surface area contributed by atoms with Crippen LogP contribution in [0, 0.1) is 5.82 Å². The summed E-state index contributed by atoms with van der Waals surface area (Å²) in [5.74, 6) is -1.36. The number of carboxylic acid groups (broad SMARTS) is 1. The molecule has 0 aliphatic rings. The number of carbonyl (C=O) groups is 1. The molecule has 0 amide bonds. The van der Waals surface area contributed by atoms with Crippen molar-refractivity contribution in [1.82, 2.24) is 0 Å². The molecule has 0 heterocycles. The van der Waals surface area contributed by atoms with Crippen molar-refractivity contribution in [1.29, 1.82) is 0 Å². The van der Waals surface area contributed by atoms with Crippen LogP contribution in [0.5, 0.6) is 5.75 Å². The minimum atomic E-state index is -1.28. The van der Waals surface area contributed by atoms with Gasteiger partial charge in [-0.2, -0.15) is 0 Å². The fourth-order valence-corrected chi connectivity index (χ4v) is 2.01. The largest absolute Gasteiger partial charge is 0.496 e. The molecule has 0 unspecified atom stereocenters. The summed E-state index contributed by atoms with van der Waals surface area (Å²) >= 11 is 0. The summed E-state index contributed by atoms with van der Waals surface area (Å²) in [7, 11) is 1.55. The molecule has 0 saturated heterocycles. The third kappa shape index (κ3) is 3.05. The van der Waals surface area contributed by atoms with Gasteiger partial charge < -0.3 is 20.9 Å². The number of ether oxygens (including phenoxy) is 1. The van der Waals surface area contributed by atoms with Crippen LogP contribution < -0.4 is 15.8 Å². The van der Waals surface area contributed by atoms with Gasteiger partial charge >= 0.3 is 5.97 Å². The molecule has 6 heteroatoms. The monoisotopic (exact) mass is 290 g/mol. The highest BCUT2D eigenvalue weighted by atomic mass is 19.1. The summed E-state index contributed by atoms with van der Waals surface area (Å²) < 4.78 is 18.6. The van der Waals surface area contributed by atoms with Crippen molar-refractivity contribution in [2.45, 2.75) is 6.54 Å². The number of para-hydroxylation sites is 1. The Morgan fingerprint density at radius 3 is 2.71 bits per heavy atom. The Balaban J connectivity index is 2.28. The van der Waals surface area contributed by atoms with Gasteiger partial charge in [0.15, 0.2) is 0 Å². The molecule has 0 aromatic heterocycles. The molecule has 5 nitrogen and oxygen atoms in total. The zero-order valence-electron chi connectivity index (χ0n) is 11.4. The second kappa shape index (κ2) is 6.13. The maximum absolute atomic E-state index is 13.4. The Kier molecular flexibility index (Phi) is 4.27. The van der Waals surface area contributed by atoms with E-state index >= 15 is 0 Å². The molecule has 0 spiro atoms. The van der Waals surface area contributed by atoms with Crippen molar-refractivity contribution in [3.63, 3.8) is 0 Å². The van der Waals surface area contributed by atoms with E-state index in [1.54, 1.807) is 13.2 Å². The van der Waals surface area contributed by atoms with E-state index in [0.717, 1.165) is 11.6 Å². The maximum Gasteiger partial charge on any atom is 0.340 e. The fraction of sp³-hybridized carbons (Fsp3) is 0.133. The molecule has 0 fully saturated rings. The Hall–Kier alpha value is -2.76. The van der Waals surface area contributed by atoms with Crippen molar-refractivity contribution >= 4 is 17.3 Å². The van der Waals surface area contributed by atoms with Crippen LogP contribution in [0.3, 0.4) is 0 Å². The Morgan fingerprint density at radius 1 is 1.33 bits per heavy atom. The molecule has 21 heavy (non-hydrogen) atoms. The average molecular weight is 290 g/mol. The predicted molar refractivity (Wildman–Crippen MR) is 78.1 cm³/mol. The molecule has 0 bridgehead atoms. The van der Waals surface area contributed by atoms with Crippen molar-refractivity contribution < 1.29 is 19.0 Å². The zero-order chi connectivity index (χ0) is 15.4. The molecule has 2 aromatic carbocycles. The first-order valence-electron chi connectivity index (χ1n) is 6.21. The number of rotatable bonds is 5. The van der Waals surface area contributed by atoms with Crippen LogP contribution >= 0.6 is 0 Å². The van der Waals surface area contributed by atoms with Gasteiger partial charge in [-0.05, 0) is 18.2 Å². The lowest BCUT2D eigenvalue weighted by atomic mass is 10.1. The Labute approximate surface area is 121 Å². The average Bonchev–Trinajstić information content (AvgIpc) is 2.48. The summed E-state index contributed by atoms with van der Waals surface area (Å²) in [6.07, 6.45) is 0. The van der Waals surface area contributed by atoms with Crippen molar-refractivity contribution in [2.24, 2.45) is 0 Å². The van der Waals surface area contributed by atoms with Gasteiger partial charge in [-0.25, -0.2) is 9.18 Å². The summed E-state index contributed by atoms with van der Waals surface area (Å²) in [6, 6.07) is 9.81. The standard InChI is InChI=1S/C15H15FN2O3/c1-21-12-5-3-2-4-9(12)8-18-11-7-6-10(16)14(17)13(11)15(19)20/h2-7,18H,8,17H2,1H3,(H,19,20). The van der Waals surface area contributed by atoms with Crippen LogP contribution in [0.15, 0.2) is 36.4 Å². The van der Waals surface area contributed by atoms with Gasteiger partial charge in [-0.1, -0.05) is 18.2 Å². The van der Waals surface area contributed by atoms with Crippen LogP contribution in [-0.4, -0.2) is 18.2 Å². The van der Waals surface area contributed by atoms with Gasteiger partial charge in [0.25, 0.3) is 0 Å². The van der Waals surface area contributed by atoms with Crippen molar-refractivity contribution in [3.8, 4) is 5.75 Å². The first kappa shape index (κ1) is 14.6. The number of hydrogen-bond acceptors (Lipinski definition) is 4. The molecule has 0 saturated carbocycles. The van der Waals surface area contributed by atoms with E-state index in [1.165, 1.54) is 6.07 Å². The van der Waals surface area contributed by atoms with E-state index in [2.05, 4.69) is 5.32 Å². The minimum Gasteiger partial charge on any atom is -0.496 e. The quantitative estimate of drug-likeness (QED) is 0.737. The second-order valence-corrected chi connectivity index (χ2v) is 4.35. The van der Waals surface area contributed by atoms with Gasteiger partial charge in [0.2, 0.25) is 0 Å². The zero-order valence-corrected chi connectivity index (χ0v) is 11.4. The highest BCUT2D eigenvalue weighted by Crippen LogP contribution is 2.26. The molecular weight excluding hydrogens is 275 g/mol. The fourth-order valence-electron chi connectivity index (χ4n) is 2.01. The van der Waals surface area contributed by atoms with Crippen molar-refractivity contribution in [3.05, 3.63) is 53.3 Å². The molecule has 0 radical (unpaired) electrons. The number of nitrogens with one attached hydrogen (secondary N) is 1. The maximum atomic E-state index is 13.4. The molecular formula is C15H15FN2O3. The van der Waals surface area contributed by atoms with E-state index in [9.17, 15) is 9.18 Å². The number of hydrogen-bond donors (Lipinski definition) is 3. The van der Waals surface area contributed by atoms with Crippen LogP contribution in [0.25, 0.3) is 0 Å².